The number of ether oxygens (including phenoxy) is 3. The highest BCUT2D eigenvalue weighted by Gasteiger charge is 2.31. The van der Waals surface area contributed by atoms with Crippen LogP contribution in [0.5, 0.6) is 11.5 Å². The van der Waals surface area contributed by atoms with E-state index in [-0.39, 0.29) is 6.10 Å². The summed E-state index contributed by atoms with van der Waals surface area (Å²) in [5, 5.41) is 8.07. The van der Waals surface area contributed by atoms with E-state index in [1.54, 1.807) is 0 Å². The molecular weight excluding hydrogens is 306 g/mol. The third kappa shape index (κ3) is 2.99. The van der Waals surface area contributed by atoms with Crippen molar-refractivity contribution < 1.29 is 14.2 Å². The van der Waals surface area contributed by atoms with E-state index in [0.29, 0.717) is 19.3 Å². The summed E-state index contributed by atoms with van der Waals surface area (Å²) in [5.74, 6) is 1.67. The fourth-order valence-electron chi connectivity index (χ4n) is 3.45. The molecule has 128 valence electrons. The lowest BCUT2D eigenvalue weighted by atomic mass is 10.0. The molecule has 6 heteroatoms. The molecule has 2 atom stereocenters. The summed E-state index contributed by atoms with van der Waals surface area (Å²) in [6.45, 7) is 4.83. The molecule has 4 rings (SSSR count). The lowest BCUT2D eigenvalue weighted by Crippen LogP contribution is -2.31. The number of nitrogens with one attached hydrogen (secondary N) is 1. The van der Waals surface area contributed by atoms with Crippen LogP contribution < -0.4 is 14.8 Å². The van der Waals surface area contributed by atoms with Gasteiger partial charge in [0, 0.05) is 38.0 Å². The second-order valence-corrected chi connectivity index (χ2v) is 6.39. The van der Waals surface area contributed by atoms with Gasteiger partial charge in [0.15, 0.2) is 11.5 Å². The smallest absolute Gasteiger partial charge is 0.161 e. The van der Waals surface area contributed by atoms with E-state index in [9.17, 15) is 0 Å². The van der Waals surface area contributed by atoms with Crippen molar-refractivity contribution in [1.82, 2.24) is 15.1 Å². The van der Waals surface area contributed by atoms with E-state index in [2.05, 4.69) is 28.7 Å². The third-order valence-electron chi connectivity index (χ3n) is 4.62. The predicted octanol–water partition coefficient (Wildman–Crippen LogP) is 2.12. The molecule has 2 aliphatic rings. The second kappa shape index (κ2) is 6.45. The van der Waals surface area contributed by atoms with Gasteiger partial charge in [0.05, 0.1) is 5.69 Å². The van der Waals surface area contributed by atoms with E-state index in [0.717, 1.165) is 36.8 Å². The Hall–Kier alpha value is -2.05. The van der Waals surface area contributed by atoms with Crippen molar-refractivity contribution in [3.05, 3.63) is 41.2 Å². The molecule has 0 saturated carbocycles. The third-order valence-corrected chi connectivity index (χ3v) is 4.62. The number of aryl methyl sites for hydroxylation is 2. The Morgan fingerprint density at radius 3 is 2.83 bits per heavy atom. The van der Waals surface area contributed by atoms with Crippen LogP contribution in [0.4, 0.5) is 0 Å². The maximum atomic E-state index is 5.96. The topological polar surface area (TPSA) is 57.5 Å². The van der Waals surface area contributed by atoms with Gasteiger partial charge in [-0.15, -0.1) is 0 Å². The SMILES string of the molecule is Cc1nn(C)cc1[C@H]1OCC[C@@H]1NCc1ccc2c(c1)OCCO2. The molecule has 0 unspecified atom stereocenters. The Kier molecular flexibility index (Phi) is 4.16. The molecule has 3 heterocycles. The van der Waals surface area contributed by atoms with Crippen LogP contribution in [-0.2, 0) is 18.3 Å². The highest BCUT2D eigenvalue weighted by molar-refractivity contribution is 5.43. The largest absolute Gasteiger partial charge is 0.486 e. The fourth-order valence-corrected chi connectivity index (χ4v) is 3.45. The number of fused-ring (bicyclic) bond motifs is 1. The van der Waals surface area contributed by atoms with Crippen LogP contribution in [0.15, 0.2) is 24.4 Å². The summed E-state index contributed by atoms with van der Waals surface area (Å²) < 4.78 is 19.0. The van der Waals surface area contributed by atoms with Crippen molar-refractivity contribution in [3.8, 4) is 11.5 Å². The van der Waals surface area contributed by atoms with Crippen molar-refractivity contribution >= 4 is 0 Å². The molecule has 1 aromatic carbocycles. The zero-order chi connectivity index (χ0) is 16.5. The average Bonchev–Trinajstić information content (AvgIpc) is 3.18. The van der Waals surface area contributed by atoms with Crippen molar-refractivity contribution in [3.63, 3.8) is 0 Å². The summed E-state index contributed by atoms with van der Waals surface area (Å²) in [5.41, 5.74) is 3.40. The van der Waals surface area contributed by atoms with Crippen molar-refractivity contribution in [1.29, 1.82) is 0 Å². The summed E-state index contributed by atoms with van der Waals surface area (Å²) in [4.78, 5) is 0. The molecule has 0 amide bonds. The number of nitrogens with zero attached hydrogens (tertiary/aromatic N) is 2. The molecule has 6 nitrogen and oxygen atoms in total. The van der Waals surface area contributed by atoms with E-state index >= 15 is 0 Å². The molecular formula is C18H23N3O3. The van der Waals surface area contributed by atoms with Crippen LogP contribution in [0.25, 0.3) is 0 Å². The minimum absolute atomic E-state index is 0.0657. The van der Waals surface area contributed by atoms with Crippen LogP contribution in [0.3, 0.4) is 0 Å². The highest BCUT2D eigenvalue weighted by atomic mass is 16.6. The first-order valence-corrected chi connectivity index (χ1v) is 8.44. The van der Waals surface area contributed by atoms with Crippen molar-refractivity contribution in [2.75, 3.05) is 19.8 Å². The molecule has 0 aliphatic carbocycles. The van der Waals surface area contributed by atoms with Crippen LogP contribution in [0, 0.1) is 6.92 Å². The van der Waals surface area contributed by atoms with Gasteiger partial charge in [0.2, 0.25) is 0 Å². The number of benzene rings is 1. The molecule has 2 aliphatic heterocycles. The molecule has 1 fully saturated rings. The molecule has 0 spiro atoms. The number of aromatic nitrogens is 2. The van der Waals surface area contributed by atoms with Gasteiger partial charge < -0.3 is 19.5 Å². The maximum Gasteiger partial charge on any atom is 0.161 e. The Labute approximate surface area is 141 Å². The number of hydrogen-bond donors (Lipinski definition) is 1. The van der Waals surface area contributed by atoms with Crippen LogP contribution in [0.1, 0.15) is 29.3 Å². The van der Waals surface area contributed by atoms with Crippen LogP contribution in [-0.4, -0.2) is 35.6 Å². The lowest BCUT2D eigenvalue weighted by molar-refractivity contribution is 0.0979. The van der Waals surface area contributed by atoms with Gasteiger partial charge in [0.25, 0.3) is 0 Å². The normalized spacial score (nSPS) is 22.8. The maximum absolute atomic E-state index is 5.96. The molecule has 1 aromatic heterocycles. The second-order valence-electron chi connectivity index (χ2n) is 6.39. The Bertz CT molecular complexity index is 728. The average molecular weight is 329 g/mol. The highest BCUT2D eigenvalue weighted by Crippen LogP contribution is 2.33. The Balaban J connectivity index is 1.44. The van der Waals surface area contributed by atoms with Crippen molar-refractivity contribution in [2.24, 2.45) is 7.05 Å². The fraction of sp³-hybridized carbons (Fsp3) is 0.500. The molecule has 0 radical (unpaired) electrons. The van der Waals surface area contributed by atoms with Gasteiger partial charge in [-0.1, -0.05) is 6.07 Å². The summed E-state index contributed by atoms with van der Waals surface area (Å²) in [6.07, 6.45) is 3.13. The van der Waals surface area contributed by atoms with Gasteiger partial charge >= 0.3 is 0 Å². The van der Waals surface area contributed by atoms with Crippen molar-refractivity contribution in [2.45, 2.75) is 32.0 Å². The molecule has 0 bridgehead atoms. The first kappa shape index (κ1) is 15.5. The zero-order valence-corrected chi connectivity index (χ0v) is 14.1. The van der Waals surface area contributed by atoms with Gasteiger partial charge in [-0.3, -0.25) is 4.68 Å². The molecule has 1 saturated heterocycles. The molecule has 2 aromatic rings. The van der Waals surface area contributed by atoms with E-state index in [1.807, 2.05) is 24.7 Å². The molecule has 24 heavy (non-hydrogen) atoms. The van der Waals surface area contributed by atoms with E-state index in [1.165, 1.54) is 11.1 Å². The van der Waals surface area contributed by atoms with Gasteiger partial charge in [0.1, 0.15) is 19.3 Å². The number of rotatable bonds is 4. The molecule has 1 N–H and O–H groups in total. The van der Waals surface area contributed by atoms with Gasteiger partial charge in [-0.05, 0) is 31.0 Å². The van der Waals surface area contributed by atoms with E-state index in [4.69, 9.17) is 14.2 Å². The van der Waals surface area contributed by atoms with Gasteiger partial charge in [-0.2, -0.15) is 5.10 Å². The quantitative estimate of drug-likeness (QED) is 0.931. The minimum Gasteiger partial charge on any atom is -0.486 e. The Morgan fingerprint density at radius 2 is 2.04 bits per heavy atom. The van der Waals surface area contributed by atoms with Gasteiger partial charge in [-0.25, -0.2) is 0 Å². The monoisotopic (exact) mass is 329 g/mol. The lowest BCUT2D eigenvalue weighted by Gasteiger charge is -2.21. The predicted molar refractivity (Wildman–Crippen MR) is 89.3 cm³/mol. The summed E-state index contributed by atoms with van der Waals surface area (Å²) >= 11 is 0. The van der Waals surface area contributed by atoms with E-state index < -0.39 is 0 Å². The number of hydrogen-bond acceptors (Lipinski definition) is 5. The summed E-state index contributed by atoms with van der Waals surface area (Å²) in [7, 11) is 1.95. The standard InChI is InChI=1S/C18H23N3O3/c1-12-14(11-21(2)20-12)18-15(5-6-24-18)19-10-13-3-4-16-17(9-13)23-8-7-22-16/h3-4,9,11,15,18-19H,5-8,10H2,1-2H3/t15-,18+/m0/s1. The van der Waals surface area contributed by atoms with Crippen LogP contribution in [0.2, 0.25) is 0 Å². The zero-order valence-electron chi connectivity index (χ0n) is 14.1. The van der Waals surface area contributed by atoms with Crippen LogP contribution >= 0.6 is 0 Å². The Morgan fingerprint density at radius 1 is 1.21 bits per heavy atom. The summed E-state index contributed by atoms with van der Waals surface area (Å²) in [6, 6.07) is 6.42. The minimum atomic E-state index is 0.0657. The first-order chi connectivity index (χ1) is 11.7. The first-order valence-electron chi connectivity index (χ1n) is 8.44.